The van der Waals surface area contributed by atoms with Gasteiger partial charge < -0.3 is 0 Å². The maximum atomic E-state index is 11.6. The average Bonchev–Trinajstić information content (AvgIpc) is 2.66. The molecule has 2 aliphatic rings. The first-order valence-electron chi connectivity index (χ1n) is 4.44. The molecule has 0 saturated heterocycles. The Balaban J connectivity index is 0.000000853. The third-order valence-corrected chi connectivity index (χ3v) is 2.34. The SMILES string of the molecule is Br.O=C1NN2CCN=C2c2ncccc21. The highest BCUT2D eigenvalue weighted by atomic mass is 79.9. The molecule has 2 aliphatic heterocycles. The lowest BCUT2D eigenvalue weighted by Crippen LogP contribution is -2.49. The second-order valence-electron chi connectivity index (χ2n) is 3.20. The predicted octanol–water partition coefficient (Wildman–Crippen LogP) is 0.380. The monoisotopic (exact) mass is 268 g/mol. The van der Waals surface area contributed by atoms with Crippen LogP contribution in [0.5, 0.6) is 0 Å². The Bertz CT molecular complexity index is 445. The molecule has 1 amide bonds. The number of aromatic nitrogens is 1. The van der Waals surface area contributed by atoms with Gasteiger partial charge in [0, 0.05) is 6.20 Å². The Morgan fingerprint density at radius 3 is 3.20 bits per heavy atom. The standard InChI is InChI=1S/C9H8N4O.BrH/c14-9-6-2-1-3-10-7(6)8-11-4-5-13(8)12-9;/h1-3H,4-5H2,(H,12,14);1H. The molecule has 5 nitrogen and oxygen atoms in total. The molecular formula is C9H9BrN4O. The number of aliphatic imine (C=N–C) groups is 1. The highest BCUT2D eigenvalue weighted by molar-refractivity contribution is 8.93. The smallest absolute Gasteiger partial charge is 0.267 e. The van der Waals surface area contributed by atoms with E-state index in [0.717, 1.165) is 12.4 Å². The van der Waals surface area contributed by atoms with Gasteiger partial charge in [-0.1, -0.05) is 0 Å². The van der Waals surface area contributed by atoms with Crippen molar-refractivity contribution in [1.29, 1.82) is 0 Å². The van der Waals surface area contributed by atoms with E-state index >= 15 is 0 Å². The fourth-order valence-electron chi connectivity index (χ4n) is 1.71. The zero-order valence-electron chi connectivity index (χ0n) is 7.80. The van der Waals surface area contributed by atoms with Gasteiger partial charge in [-0.15, -0.1) is 17.0 Å². The van der Waals surface area contributed by atoms with E-state index in [9.17, 15) is 4.79 Å². The van der Waals surface area contributed by atoms with Crippen LogP contribution in [0.4, 0.5) is 0 Å². The summed E-state index contributed by atoms with van der Waals surface area (Å²) in [7, 11) is 0. The molecule has 0 saturated carbocycles. The second-order valence-corrected chi connectivity index (χ2v) is 3.20. The van der Waals surface area contributed by atoms with Gasteiger partial charge in [-0.2, -0.15) is 0 Å². The predicted molar refractivity (Wildman–Crippen MR) is 60.1 cm³/mol. The number of hydrogen-bond donors (Lipinski definition) is 1. The van der Waals surface area contributed by atoms with Crippen LogP contribution in [-0.2, 0) is 0 Å². The van der Waals surface area contributed by atoms with Gasteiger partial charge in [-0.3, -0.25) is 25.2 Å². The lowest BCUT2D eigenvalue weighted by Gasteiger charge is -2.26. The van der Waals surface area contributed by atoms with E-state index < -0.39 is 0 Å². The van der Waals surface area contributed by atoms with E-state index in [1.54, 1.807) is 23.3 Å². The number of nitrogens with zero attached hydrogens (tertiary/aromatic N) is 3. The molecule has 0 bridgehead atoms. The number of nitrogens with one attached hydrogen (secondary N) is 1. The van der Waals surface area contributed by atoms with E-state index in [1.165, 1.54) is 0 Å². The first kappa shape index (κ1) is 10.1. The average molecular weight is 269 g/mol. The molecule has 78 valence electrons. The second kappa shape index (κ2) is 3.62. The first-order chi connectivity index (χ1) is 6.86. The fraction of sp³-hybridized carbons (Fsp3) is 0.222. The van der Waals surface area contributed by atoms with Crippen LogP contribution >= 0.6 is 17.0 Å². The zero-order valence-corrected chi connectivity index (χ0v) is 9.52. The molecule has 3 heterocycles. The van der Waals surface area contributed by atoms with Crippen molar-refractivity contribution in [2.75, 3.05) is 13.1 Å². The van der Waals surface area contributed by atoms with Crippen LogP contribution in [0.3, 0.4) is 0 Å². The molecule has 0 fully saturated rings. The number of carbonyl (C=O) groups is 1. The molecule has 1 N–H and O–H groups in total. The minimum atomic E-state index is -0.103. The Morgan fingerprint density at radius 1 is 1.47 bits per heavy atom. The van der Waals surface area contributed by atoms with E-state index in [-0.39, 0.29) is 22.9 Å². The Labute approximate surface area is 96.9 Å². The Morgan fingerprint density at radius 2 is 2.33 bits per heavy atom. The molecule has 1 aromatic heterocycles. The number of rotatable bonds is 0. The van der Waals surface area contributed by atoms with Crippen LogP contribution in [0.2, 0.25) is 0 Å². The molecule has 0 aromatic carbocycles. The number of pyridine rings is 1. The lowest BCUT2D eigenvalue weighted by molar-refractivity contribution is 0.0867. The molecule has 3 rings (SSSR count). The number of hydrazine groups is 1. The fourth-order valence-corrected chi connectivity index (χ4v) is 1.71. The molecule has 6 heteroatoms. The van der Waals surface area contributed by atoms with E-state index in [4.69, 9.17) is 0 Å². The number of fused-ring (bicyclic) bond motifs is 3. The number of halogens is 1. The third-order valence-electron chi connectivity index (χ3n) is 2.34. The molecular weight excluding hydrogens is 260 g/mol. The number of amides is 1. The minimum Gasteiger partial charge on any atom is -0.267 e. The maximum absolute atomic E-state index is 11.6. The molecule has 0 spiro atoms. The van der Waals surface area contributed by atoms with Crippen molar-refractivity contribution in [2.24, 2.45) is 4.99 Å². The van der Waals surface area contributed by atoms with Gasteiger partial charge in [0.05, 0.1) is 18.7 Å². The molecule has 0 aliphatic carbocycles. The molecule has 0 radical (unpaired) electrons. The largest absolute Gasteiger partial charge is 0.272 e. The molecule has 1 aromatic rings. The Kier molecular flexibility index (Phi) is 2.44. The van der Waals surface area contributed by atoms with E-state index in [0.29, 0.717) is 17.8 Å². The normalized spacial score (nSPS) is 17.2. The van der Waals surface area contributed by atoms with Gasteiger partial charge in [0.25, 0.3) is 5.91 Å². The van der Waals surface area contributed by atoms with Crippen molar-refractivity contribution in [3.63, 3.8) is 0 Å². The summed E-state index contributed by atoms with van der Waals surface area (Å²) in [4.78, 5) is 20.1. The van der Waals surface area contributed by atoms with Gasteiger partial charge >= 0.3 is 0 Å². The zero-order chi connectivity index (χ0) is 9.54. The van der Waals surface area contributed by atoms with Gasteiger partial charge in [-0.05, 0) is 12.1 Å². The summed E-state index contributed by atoms with van der Waals surface area (Å²) < 4.78 is 0. The van der Waals surface area contributed by atoms with Crippen molar-refractivity contribution < 1.29 is 4.79 Å². The highest BCUT2D eigenvalue weighted by Gasteiger charge is 2.30. The molecule has 0 unspecified atom stereocenters. The third kappa shape index (κ3) is 1.41. The van der Waals surface area contributed by atoms with Crippen LogP contribution in [0.1, 0.15) is 16.1 Å². The summed E-state index contributed by atoms with van der Waals surface area (Å²) >= 11 is 0. The van der Waals surface area contributed by atoms with Crippen molar-refractivity contribution in [2.45, 2.75) is 0 Å². The highest BCUT2D eigenvalue weighted by Crippen LogP contribution is 2.16. The van der Waals surface area contributed by atoms with E-state index in [1.807, 2.05) is 0 Å². The summed E-state index contributed by atoms with van der Waals surface area (Å²) in [5.41, 5.74) is 4.05. The van der Waals surface area contributed by atoms with Gasteiger partial charge in [0.1, 0.15) is 5.69 Å². The van der Waals surface area contributed by atoms with Crippen molar-refractivity contribution in [3.8, 4) is 0 Å². The first-order valence-corrected chi connectivity index (χ1v) is 4.44. The summed E-state index contributed by atoms with van der Waals surface area (Å²) in [6.07, 6.45) is 1.68. The summed E-state index contributed by atoms with van der Waals surface area (Å²) in [6, 6.07) is 3.51. The molecule has 15 heavy (non-hydrogen) atoms. The number of carbonyl (C=O) groups excluding carboxylic acids is 1. The quantitative estimate of drug-likeness (QED) is 0.740. The minimum absolute atomic E-state index is 0. The molecule has 0 atom stereocenters. The van der Waals surface area contributed by atoms with Crippen LogP contribution in [-0.4, -0.2) is 34.8 Å². The van der Waals surface area contributed by atoms with Crippen LogP contribution in [0.25, 0.3) is 0 Å². The lowest BCUT2D eigenvalue weighted by atomic mass is 10.1. The van der Waals surface area contributed by atoms with Crippen molar-refractivity contribution in [3.05, 3.63) is 29.6 Å². The van der Waals surface area contributed by atoms with Crippen LogP contribution < -0.4 is 5.43 Å². The van der Waals surface area contributed by atoms with Crippen LogP contribution in [0, 0.1) is 0 Å². The Hall–Kier alpha value is -1.43. The van der Waals surface area contributed by atoms with E-state index in [2.05, 4.69) is 15.4 Å². The van der Waals surface area contributed by atoms with Gasteiger partial charge in [0.15, 0.2) is 5.84 Å². The number of amidine groups is 1. The summed E-state index contributed by atoms with van der Waals surface area (Å²) in [5, 5.41) is 1.75. The van der Waals surface area contributed by atoms with Crippen molar-refractivity contribution in [1.82, 2.24) is 15.4 Å². The van der Waals surface area contributed by atoms with Crippen molar-refractivity contribution >= 4 is 28.7 Å². The summed E-state index contributed by atoms with van der Waals surface area (Å²) in [5.74, 6) is 0.675. The van der Waals surface area contributed by atoms with Gasteiger partial charge in [0.2, 0.25) is 0 Å². The number of hydrogen-bond acceptors (Lipinski definition) is 4. The topological polar surface area (TPSA) is 57.6 Å². The van der Waals surface area contributed by atoms with Crippen LogP contribution in [0.15, 0.2) is 23.3 Å². The van der Waals surface area contributed by atoms with Gasteiger partial charge in [-0.25, -0.2) is 0 Å². The maximum Gasteiger partial charge on any atom is 0.272 e. The summed E-state index contributed by atoms with van der Waals surface area (Å²) in [6.45, 7) is 1.45.